The number of fused-ring (bicyclic) bond motifs is 1. The molecule has 2 rings (SSSR count). The summed E-state index contributed by atoms with van der Waals surface area (Å²) in [5, 5.41) is 8.93. The van der Waals surface area contributed by atoms with E-state index in [1.807, 2.05) is 0 Å². The Balaban J connectivity index is 2.19. The van der Waals surface area contributed by atoms with E-state index in [-0.39, 0.29) is 12.3 Å². The summed E-state index contributed by atoms with van der Waals surface area (Å²) in [6, 6.07) is 0. The zero-order chi connectivity index (χ0) is 12.8. The minimum absolute atomic E-state index is 0.183. The second kappa shape index (κ2) is 3.86. The molecule has 0 spiro atoms. The van der Waals surface area contributed by atoms with Crippen LogP contribution in [0.2, 0.25) is 0 Å². The second-order valence-electron chi connectivity index (χ2n) is 7.17. The molecule has 0 heterocycles. The topological polar surface area (TPSA) is 37.3 Å². The average molecular weight is 236 g/mol. The summed E-state index contributed by atoms with van der Waals surface area (Å²) >= 11 is 0. The van der Waals surface area contributed by atoms with Crippen LogP contribution in [-0.2, 0) is 4.79 Å². The van der Waals surface area contributed by atoms with Gasteiger partial charge < -0.3 is 5.11 Å². The lowest BCUT2D eigenvalue weighted by Gasteiger charge is -2.27. The lowest BCUT2D eigenvalue weighted by atomic mass is 9.78. The molecule has 96 valence electrons. The van der Waals surface area contributed by atoms with Crippen molar-refractivity contribution < 1.29 is 9.90 Å². The number of allylic oxidation sites excluding steroid dienone is 2. The van der Waals surface area contributed by atoms with Crippen molar-refractivity contribution in [3.05, 3.63) is 11.6 Å². The van der Waals surface area contributed by atoms with Gasteiger partial charge in [0, 0.05) is 0 Å². The highest BCUT2D eigenvalue weighted by atomic mass is 16.4. The summed E-state index contributed by atoms with van der Waals surface area (Å²) in [5.41, 5.74) is 2.08. The smallest absolute Gasteiger partial charge is 0.303 e. The maximum atomic E-state index is 10.8. The van der Waals surface area contributed by atoms with E-state index in [9.17, 15) is 4.79 Å². The molecule has 17 heavy (non-hydrogen) atoms. The molecule has 0 radical (unpaired) electrons. The summed E-state index contributed by atoms with van der Waals surface area (Å²) in [5.74, 6) is 0.327. The lowest BCUT2D eigenvalue weighted by molar-refractivity contribution is -0.137. The number of hydrogen-bond donors (Lipinski definition) is 1. The van der Waals surface area contributed by atoms with Gasteiger partial charge in [0.1, 0.15) is 0 Å². The van der Waals surface area contributed by atoms with Crippen LogP contribution in [0, 0.1) is 22.7 Å². The molecule has 2 nitrogen and oxygen atoms in total. The zero-order valence-electron chi connectivity index (χ0n) is 11.4. The molecule has 0 aliphatic heterocycles. The van der Waals surface area contributed by atoms with Gasteiger partial charge in [0.25, 0.3) is 0 Å². The molecule has 2 heteroatoms. The first-order valence-corrected chi connectivity index (χ1v) is 6.65. The van der Waals surface area contributed by atoms with Crippen molar-refractivity contribution >= 4 is 5.97 Å². The van der Waals surface area contributed by atoms with E-state index >= 15 is 0 Å². The minimum atomic E-state index is -0.682. The van der Waals surface area contributed by atoms with E-state index < -0.39 is 5.97 Å². The van der Waals surface area contributed by atoms with E-state index in [1.165, 1.54) is 18.4 Å². The first-order valence-electron chi connectivity index (χ1n) is 6.65. The van der Waals surface area contributed by atoms with Crippen molar-refractivity contribution in [1.29, 1.82) is 0 Å². The van der Waals surface area contributed by atoms with Crippen LogP contribution >= 0.6 is 0 Å². The predicted octanol–water partition coefficient (Wildman–Crippen LogP) is 3.87. The monoisotopic (exact) mass is 236 g/mol. The highest BCUT2D eigenvalue weighted by Crippen LogP contribution is 2.61. The maximum absolute atomic E-state index is 10.8. The van der Waals surface area contributed by atoms with Crippen LogP contribution in [0.15, 0.2) is 11.6 Å². The minimum Gasteiger partial charge on any atom is -0.481 e. The van der Waals surface area contributed by atoms with Gasteiger partial charge in [-0.3, -0.25) is 4.79 Å². The normalized spacial score (nSPS) is 36.5. The Labute approximate surface area is 104 Å². The van der Waals surface area contributed by atoms with Gasteiger partial charge >= 0.3 is 5.97 Å². The van der Waals surface area contributed by atoms with Crippen LogP contribution in [0.1, 0.15) is 53.4 Å². The van der Waals surface area contributed by atoms with Crippen molar-refractivity contribution in [2.45, 2.75) is 53.4 Å². The van der Waals surface area contributed by atoms with Crippen molar-refractivity contribution in [1.82, 2.24) is 0 Å². The summed E-state index contributed by atoms with van der Waals surface area (Å²) in [6.07, 6.45) is 6.30. The largest absolute Gasteiger partial charge is 0.481 e. The molecule has 0 aromatic carbocycles. The molecular weight excluding hydrogens is 212 g/mol. The van der Waals surface area contributed by atoms with Gasteiger partial charge in [-0.05, 0) is 41.9 Å². The van der Waals surface area contributed by atoms with Gasteiger partial charge in [-0.2, -0.15) is 0 Å². The number of aliphatic carboxylic acids is 1. The molecule has 0 saturated heterocycles. The predicted molar refractivity (Wildman–Crippen MR) is 68.7 cm³/mol. The van der Waals surface area contributed by atoms with Gasteiger partial charge in [-0.15, -0.1) is 0 Å². The Morgan fingerprint density at radius 2 is 2.12 bits per heavy atom. The fourth-order valence-electron chi connectivity index (χ4n) is 3.43. The molecule has 1 N–H and O–H groups in total. The second-order valence-corrected chi connectivity index (χ2v) is 7.17. The third kappa shape index (κ3) is 2.72. The van der Waals surface area contributed by atoms with Gasteiger partial charge in [0.15, 0.2) is 0 Å². The lowest BCUT2D eigenvalue weighted by Crippen LogP contribution is -2.16. The molecule has 2 aliphatic carbocycles. The van der Waals surface area contributed by atoms with Crippen molar-refractivity contribution in [3.8, 4) is 0 Å². The number of rotatable bonds is 3. The van der Waals surface area contributed by atoms with Crippen molar-refractivity contribution in [3.63, 3.8) is 0 Å². The Morgan fingerprint density at radius 1 is 1.47 bits per heavy atom. The summed E-state index contributed by atoms with van der Waals surface area (Å²) in [7, 11) is 0. The third-order valence-corrected chi connectivity index (χ3v) is 4.57. The SMILES string of the molecule is C[C@H](CC(=O)O)C1=C[C@]2(C)C[C@@H]2CC(C)(C)C1. The summed E-state index contributed by atoms with van der Waals surface area (Å²) < 4.78 is 0. The first kappa shape index (κ1) is 12.7. The first-order chi connectivity index (χ1) is 7.72. The van der Waals surface area contributed by atoms with E-state index in [4.69, 9.17) is 5.11 Å². The van der Waals surface area contributed by atoms with E-state index in [2.05, 4.69) is 33.8 Å². The standard InChI is InChI=1S/C15H24O2/c1-10(5-13(16)17)11-6-14(2,3)8-12-9-15(12,4)7-11/h7,10,12H,5-6,8-9H2,1-4H3,(H,16,17)/t10-,12+,15-/m1/s1. The van der Waals surface area contributed by atoms with Gasteiger partial charge in [-0.1, -0.05) is 39.3 Å². The molecule has 2 aliphatic rings. The quantitative estimate of drug-likeness (QED) is 0.755. The van der Waals surface area contributed by atoms with Crippen LogP contribution in [0.3, 0.4) is 0 Å². The van der Waals surface area contributed by atoms with Crippen LogP contribution in [0.5, 0.6) is 0 Å². The van der Waals surface area contributed by atoms with E-state index in [0.717, 1.165) is 12.3 Å². The Morgan fingerprint density at radius 3 is 2.71 bits per heavy atom. The van der Waals surface area contributed by atoms with Gasteiger partial charge in [0.2, 0.25) is 0 Å². The van der Waals surface area contributed by atoms with Gasteiger partial charge in [-0.25, -0.2) is 0 Å². The molecule has 0 bridgehead atoms. The van der Waals surface area contributed by atoms with Crippen molar-refractivity contribution in [2.75, 3.05) is 0 Å². The van der Waals surface area contributed by atoms with Gasteiger partial charge in [0.05, 0.1) is 6.42 Å². The van der Waals surface area contributed by atoms with Crippen LogP contribution in [0.25, 0.3) is 0 Å². The molecular formula is C15H24O2. The summed E-state index contributed by atoms with van der Waals surface area (Å²) in [4.78, 5) is 10.8. The molecule has 0 unspecified atom stereocenters. The molecule has 1 fully saturated rings. The van der Waals surface area contributed by atoms with Crippen LogP contribution in [-0.4, -0.2) is 11.1 Å². The molecule has 0 aromatic rings. The number of carboxylic acid groups (broad SMARTS) is 1. The Kier molecular flexibility index (Phi) is 2.87. The van der Waals surface area contributed by atoms with Crippen molar-refractivity contribution in [2.24, 2.45) is 22.7 Å². The van der Waals surface area contributed by atoms with E-state index in [0.29, 0.717) is 10.8 Å². The molecule has 1 saturated carbocycles. The fourth-order valence-corrected chi connectivity index (χ4v) is 3.43. The fraction of sp³-hybridized carbons (Fsp3) is 0.800. The molecule has 3 atom stereocenters. The maximum Gasteiger partial charge on any atom is 0.303 e. The average Bonchev–Trinajstić information content (AvgIpc) is 2.72. The summed E-state index contributed by atoms with van der Waals surface area (Å²) in [6.45, 7) is 9.02. The Bertz CT molecular complexity index is 367. The molecule has 0 aromatic heterocycles. The molecule has 0 amide bonds. The highest BCUT2D eigenvalue weighted by molar-refractivity contribution is 5.67. The van der Waals surface area contributed by atoms with Crippen LogP contribution < -0.4 is 0 Å². The number of carbonyl (C=O) groups is 1. The van der Waals surface area contributed by atoms with Crippen LogP contribution in [0.4, 0.5) is 0 Å². The Hall–Kier alpha value is -0.790. The zero-order valence-corrected chi connectivity index (χ0v) is 11.4. The van der Waals surface area contributed by atoms with E-state index in [1.54, 1.807) is 0 Å². The number of hydrogen-bond acceptors (Lipinski definition) is 1. The highest BCUT2D eigenvalue weighted by Gasteiger charge is 2.52. The number of carboxylic acids is 1. The third-order valence-electron chi connectivity index (χ3n) is 4.57.